The molecular weight excluding hydrogens is 166 g/mol. The fourth-order valence-corrected chi connectivity index (χ4v) is 1.05. The first-order valence-corrected chi connectivity index (χ1v) is 4.34. The van der Waals surface area contributed by atoms with E-state index in [0.717, 1.165) is 7.11 Å². The van der Waals surface area contributed by atoms with Crippen LogP contribution in [0, 0.1) is 0 Å². The Balaban J connectivity index is 0. The van der Waals surface area contributed by atoms with E-state index in [1.54, 1.807) is 0 Å². The summed E-state index contributed by atoms with van der Waals surface area (Å²) in [6.45, 7) is 1.52. The van der Waals surface area contributed by atoms with E-state index in [1.807, 2.05) is 0 Å². The fourth-order valence-electron chi connectivity index (χ4n) is 0.350. The van der Waals surface area contributed by atoms with Crippen molar-refractivity contribution >= 4 is 32.6 Å². The van der Waals surface area contributed by atoms with Crippen LogP contribution < -0.4 is 0 Å². The third-order valence-corrected chi connectivity index (χ3v) is 2.65. The fraction of sp³-hybridized carbons (Fsp3) is 0.750. The number of rotatable bonds is 3. The quantitative estimate of drug-likeness (QED) is 0.510. The summed E-state index contributed by atoms with van der Waals surface area (Å²) in [7, 11) is -2.19. The van der Waals surface area contributed by atoms with Gasteiger partial charge in [-0.05, 0) is 0 Å². The Bertz CT molecular complexity index is 162. The molecule has 0 saturated heterocycles. The molecule has 1 unspecified atom stereocenters. The zero-order chi connectivity index (χ0) is 8.20. The monoisotopic (exact) mass is 176 g/mol. The molecule has 0 rings (SSSR count). The average Bonchev–Trinajstić information content (AvgIpc) is 1.87. The van der Waals surface area contributed by atoms with Crippen LogP contribution >= 0.6 is 7.60 Å². The molecule has 0 aromatic rings. The Morgan fingerprint density at radius 3 is 2.18 bits per heavy atom. The van der Waals surface area contributed by atoms with Gasteiger partial charge < -0.3 is 14.2 Å². The van der Waals surface area contributed by atoms with Crippen LogP contribution in [0.1, 0.15) is 6.92 Å². The van der Waals surface area contributed by atoms with Crippen LogP contribution in [0.15, 0.2) is 0 Å². The van der Waals surface area contributed by atoms with Gasteiger partial charge in [-0.3, -0.25) is 0 Å². The second kappa shape index (κ2) is 5.68. The maximum absolute atomic E-state index is 10.9. The normalized spacial score (nSPS) is 14.4. The third kappa shape index (κ3) is 5.34. The van der Waals surface area contributed by atoms with Gasteiger partial charge in [0.2, 0.25) is 0 Å². The first kappa shape index (κ1) is 13.6. The predicted octanol–water partition coefficient (Wildman–Crippen LogP) is 0.892. The van der Waals surface area contributed by atoms with Crippen LogP contribution in [0.4, 0.5) is 4.79 Å². The van der Waals surface area contributed by atoms with Gasteiger partial charge in [0.15, 0.2) is 0 Å². The van der Waals surface area contributed by atoms with E-state index in [1.165, 1.54) is 6.92 Å². The van der Waals surface area contributed by atoms with E-state index in [2.05, 4.69) is 9.05 Å². The van der Waals surface area contributed by atoms with Gasteiger partial charge in [0, 0.05) is 7.11 Å². The predicted molar refractivity (Wildman–Crippen MR) is 41.4 cm³/mol. The zero-order valence-electron chi connectivity index (χ0n) is 5.73. The third-order valence-electron chi connectivity index (χ3n) is 0.883. The molecule has 0 spiro atoms. The molecule has 11 heavy (non-hydrogen) atoms. The average molecular weight is 176 g/mol. The molecule has 0 saturated carbocycles. The van der Waals surface area contributed by atoms with Crippen molar-refractivity contribution < 1.29 is 23.5 Å². The molecule has 1 N–H and O–H groups in total. The van der Waals surface area contributed by atoms with Crippen LogP contribution in [0.2, 0.25) is 0 Å². The van der Waals surface area contributed by atoms with Gasteiger partial charge in [-0.25, -0.2) is 9.36 Å². The minimum absolute atomic E-state index is 0. The second-order valence-corrected chi connectivity index (χ2v) is 3.87. The van der Waals surface area contributed by atoms with Crippen molar-refractivity contribution in [2.24, 2.45) is 0 Å². The Labute approximate surface area is 76.8 Å². The molecule has 0 bridgehead atoms. The number of carboxylic acid groups (broad SMARTS) is 1. The summed E-state index contributed by atoms with van der Waals surface area (Å²) in [6, 6.07) is 0. The molecular formula is C4H10LiO5P. The van der Waals surface area contributed by atoms with E-state index < -0.39 is 13.8 Å². The first-order chi connectivity index (χ1) is 4.54. The molecule has 0 amide bonds. The van der Waals surface area contributed by atoms with Crippen LogP contribution in [-0.2, 0) is 13.6 Å². The minimum atomic E-state index is -3.34. The molecule has 7 heteroatoms. The summed E-state index contributed by atoms with van der Waals surface area (Å²) in [5.41, 5.74) is 0. The van der Waals surface area contributed by atoms with E-state index in [0.29, 0.717) is 0 Å². The topological polar surface area (TPSA) is 72.8 Å². The Morgan fingerprint density at radius 1 is 1.64 bits per heavy atom. The van der Waals surface area contributed by atoms with Crippen LogP contribution in [-0.4, -0.2) is 43.4 Å². The van der Waals surface area contributed by atoms with Crippen molar-refractivity contribution in [1.29, 1.82) is 0 Å². The molecule has 0 aliphatic carbocycles. The van der Waals surface area contributed by atoms with Gasteiger partial charge in [-0.15, -0.1) is 0 Å². The molecule has 62 valence electrons. The summed E-state index contributed by atoms with van der Waals surface area (Å²) in [6.07, 6.45) is -1.53. The second-order valence-electron chi connectivity index (χ2n) is 1.47. The molecule has 1 atom stereocenters. The Morgan fingerprint density at radius 2 is 2.09 bits per heavy atom. The standard InChI is InChI=1S/C4H9O5P.Li.H/c1-3-10(7,8-2)9-4(5)6;;/h3H2,1-2H3,(H,5,6);;. The molecule has 0 heterocycles. The molecule has 0 aromatic heterocycles. The van der Waals surface area contributed by atoms with E-state index in [9.17, 15) is 9.36 Å². The van der Waals surface area contributed by atoms with Gasteiger partial charge >= 0.3 is 32.6 Å². The summed E-state index contributed by atoms with van der Waals surface area (Å²) >= 11 is 0. The van der Waals surface area contributed by atoms with Gasteiger partial charge in [0.1, 0.15) is 0 Å². The van der Waals surface area contributed by atoms with Crippen LogP contribution in [0.5, 0.6) is 0 Å². The van der Waals surface area contributed by atoms with Gasteiger partial charge in [0.05, 0.1) is 6.16 Å². The van der Waals surface area contributed by atoms with E-state index in [-0.39, 0.29) is 25.0 Å². The summed E-state index contributed by atoms with van der Waals surface area (Å²) in [5.74, 6) is 0. The van der Waals surface area contributed by atoms with Crippen molar-refractivity contribution in [2.45, 2.75) is 6.92 Å². The summed E-state index contributed by atoms with van der Waals surface area (Å²) in [5, 5.41) is 8.04. The summed E-state index contributed by atoms with van der Waals surface area (Å²) < 4.78 is 19.3. The SMILES string of the molecule is CCP(=O)(OC)OC(=O)O.[LiH]. The van der Waals surface area contributed by atoms with Crippen molar-refractivity contribution in [3.63, 3.8) is 0 Å². The maximum atomic E-state index is 10.9. The zero-order valence-corrected chi connectivity index (χ0v) is 6.63. The molecule has 0 fully saturated rings. The van der Waals surface area contributed by atoms with Crippen LogP contribution in [0.25, 0.3) is 0 Å². The van der Waals surface area contributed by atoms with Crippen molar-refractivity contribution in [3.8, 4) is 0 Å². The van der Waals surface area contributed by atoms with Gasteiger partial charge in [-0.1, -0.05) is 6.92 Å². The van der Waals surface area contributed by atoms with Crippen molar-refractivity contribution in [2.75, 3.05) is 13.3 Å². The molecule has 0 aliphatic heterocycles. The molecule has 0 radical (unpaired) electrons. The number of carbonyl (C=O) groups is 1. The first-order valence-electron chi connectivity index (χ1n) is 2.61. The number of hydrogen-bond acceptors (Lipinski definition) is 4. The number of hydrogen-bond donors (Lipinski definition) is 1. The Kier molecular flexibility index (Phi) is 7.03. The van der Waals surface area contributed by atoms with E-state index >= 15 is 0 Å². The molecule has 5 nitrogen and oxygen atoms in total. The van der Waals surface area contributed by atoms with Crippen molar-refractivity contribution in [3.05, 3.63) is 0 Å². The Hall–Kier alpha value is 0.0574. The van der Waals surface area contributed by atoms with Crippen molar-refractivity contribution in [1.82, 2.24) is 0 Å². The van der Waals surface area contributed by atoms with E-state index in [4.69, 9.17) is 5.11 Å². The molecule has 0 aliphatic rings. The summed E-state index contributed by atoms with van der Waals surface area (Å²) in [4.78, 5) is 9.86. The molecule has 0 aromatic carbocycles. The van der Waals surface area contributed by atoms with Crippen LogP contribution in [0.3, 0.4) is 0 Å². The van der Waals surface area contributed by atoms with Gasteiger partial charge in [0.25, 0.3) is 0 Å². The van der Waals surface area contributed by atoms with Gasteiger partial charge in [-0.2, -0.15) is 0 Å².